The number of hydrogen-bond acceptors (Lipinski definition) is 5. The fourth-order valence-corrected chi connectivity index (χ4v) is 4.85. The Kier molecular flexibility index (Phi) is 8.76. The minimum Gasteiger partial charge on any atom is -0.494 e. The number of anilines is 1. The topological polar surface area (TPSA) is 84.9 Å². The molecule has 3 aromatic carbocycles. The number of amides is 1. The van der Waals surface area contributed by atoms with Gasteiger partial charge in [0.25, 0.3) is 10.0 Å². The van der Waals surface area contributed by atoms with Crippen LogP contribution in [0.3, 0.4) is 0 Å². The lowest BCUT2D eigenvalue weighted by atomic mass is 10.1. The highest BCUT2D eigenvalue weighted by molar-refractivity contribution is 7.92. The molecule has 0 aliphatic carbocycles. The van der Waals surface area contributed by atoms with Crippen LogP contribution in [0.25, 0.3) is 0 Å². The fraction of sp³-hybridized carbons (Fsp3) is 0.296. The van der Waals surface area contributed by atoms with Crippen molar-refractivity contribution in [1.82, 2.24) is 5.32 Å². The van der Waals surface area contributed by atoms with Gasteiger partial charge in [-0.05, 0) is 81.3 Å². The van der Waals surface area contributed by atoms with E-state index < -0.39 is 15.9 Å². The standard InChI is InChI=1S/C27H32N2O5S/c1-5-33-24-12-10-23(11-13-24)29(35(31,32)25-14-7-20(2)8-15-25)19-27(30)28-16-17-34-26-18-21(3)6-9-22(26)4/h6-15,18H,5,16-17,19H2,1-4H3,(H,28,30). The van der Waals surface area contributed by atoms with Gasteiger partial charge in [-0.1, -0.05) is 29.8 Å². The van der Waals surface area contributed by atoms with Crippen molar-refractivity contribution in [3.05, 3.63) is 83.4 Å². The van der Waals surface area contributed by atoms with Gasteiger partial charge >= 0.3 is 0 Å². The summed E-state index contributed by atoms with van der Waals surface area (Å²) >= 11 is 0. The molecule has 7 nitrogen and oxygen atoms in total. The van der Waals surface area contributed by atoms with E-state index >= 15 is 0 Å². The molecule has 0 spiro atoms. The highest BCUT2D eigenvalue weighted by Crippen LogP contribution is 2.26. The maximum Gasteiger partial charge on any atom is 0.264 e. The van der Waals surface area contributed by atoms with Crippen LogP contribution in [-0.2, 0) is 14.8 Å². The Bertz CT molecular complexity index is 1240. The van der Waals surface area contributed by atoms with Gasteiger partial charge in [0, 0.05) is 0 Å². The second-order valence-electron chi connectivity index (χ2n) is 8.22. The summed E-state index contributed by atoms with van der Waals surface area (Å²) in [5.41, 5.74) is 3.41. The van der Waals surface area contributed by atoms with Crippen LogP contribution in [0.5, 0.6) is 11.5 Å². The molecule has 0 aliphatic rings. The van der Waals surface area contributed by atoms with Crippen molar-refractivity contribution in [3.63, 3.8) is 0 Å². The van der Waals surface area contributed by atoms with Gasteiger partial charge in [-0.25, -0.2) is 8.42 Å². The molecule has 3 rings (SSSR count). The average molecular weight is 497 g/mol. The third kappa shape index (κ3) is 6.99. The molecule has 0 saturated heterocycles. The zero-order valence-electron chi connectivity index (χ0n) is 20.6. The van der Waals surface area contributed by atoms with Crippen molar-refractivity contribution in [2.24, 2.45) is 0 Å². The van der Waals surface area contributed by atoms with Crippen LogP contribution in [0.2, 0.25) is 0 Å². The quantitative estimate of drug-likeness (QED) is 0.398. The van der Waals surface area contributed by atoms with Crippen LogP contribution in [0, 0.1) is 20.8 Å². The summed E-state index contributed by atoms with van der Waals surface area (Å²) in [6, 6.07) is 19.1. The molecule has 0 aromatic heterocycles. The maximum absolute atomic E-state index is 13.5. The van der Waals surface area contributed by atoms with Gasteiger partial charge in [0.15, 0.2) is 0 Å². The number of nitrogens with zero attached hydrogens (tertiary/aromatic N) is 1. The molecule has 1 N–H and O–H groups in total. The summed E-state index contributed by atoms with van der Waals surface area (Å²) in [5.74, 6) is 0.952. The molecular weight excluding hydrogens is 464 g/mol. The lowest BCUT2D eigenvalue weighted by Crippen LogP contribution is -2.41. The second kappa shape index (κ2) is 11.8. The zero-order chi connectivity index (χ0) is 25.4. The van der Waals surface area contributed by atoms with Gasteiger partial charge < -0.3 is 14.8 Å². The Morgan fingerprint density at radius 1 is 0.886 bits per heavy atom. The van der Waals surface area contributed by atoms with Gasteiger partial charge in [-0.2, -0.15) is 0 Å². The van der Waals surface area contributed by atoms with Crippen LogP contribution < -0.4 is 19.1 Å². The van der Waals surface area contributed by atoms with E-state index in [0.717, 1.165) is 26.7 Å². The highest BCUT2D eigenvalue weighted by atomic mass is 32.2. The molecule has 186 valence electrons. The Morgan fingerprint density at radius 2 is 1.54 bits per heavy atom. The molecule has 1 amide bonds. The summed E-state index contributed by atoms with van der Waals surface area (Å²) in [4.78, 5) is 12.9. The summed E-state index contributed by atoms with van der Waals surface area (Å²) in [5, 5.41) is 2.76. The van der Waals surface area contributed by atoms with Crippen LogP contribution in [0.15, 0.2) is 71.6 Å². The number of carbonyl (C=O) groups is 1. The van der Waals surface area contributed by atoms with Crippen molar-refractivity contribution < 1.29 is 22.7 Å². The normalized spacial score (nSPS) is 11.1. The molecule has 0 aliphatic heterocycles. The molecule has 0 fully saturated rings. The number of hydrogen-bond donors (Lipinski definition) is 1. The SMILES string of the molecule is CCOc1ccc(N(CC(=O)NCCOc2cc(C)ccc2C)S(=O)(=O)c2ccc(C)cc2)cc1. The van der Waals surface area contributed by atoms with Crippen LogP contribution in [-0.4, -0.2) is 40.6 Å². The van der Waals surface area contributed by atoms with Crippen molar-refractivity contribution in [3.8, 4) is 11.5 Å². The molecule has 0 heterocycles. The highest BCUT2D eigenvalue weighted by Gasteiger charge is 2.27. The predicted molar refractivity (Wildman–Crippen MR) is 138 cm³/mol. The molecule has 0 saturated carbocycles. The number of rotatable bonds is 11. The number of ether oxygens (including phenoxy) is 2. The smallest absolute Gasteiger partial charge is 0.264 e. The van der Waals surface area contributed by atoms with E-state index in [2.05, 4.69) is 5.32 Å². The van der Waals surface area contributed by atoms with Gasteiger partial charge in [0.05, 0.1) is 23.7 Å². The van der Waals surface area contributed by atoms with E-state index in [-0.39, 0.29) is 24.6 Å². The monoisotopic (exact) mass is 496 g/mol. The van der Waals surface area contributed by atoms with Crippen LogP contribution in [0.1, 0.15) is 23.6 Å². The summed E-state index contributed by atoms with van der Waals surface area (Å²) < 4.78 is 39.3. The second-order valence-corrected chi connectivity index (χ2v) is 10.1. The minimum atomic E-state index is -3.97. The minimum absolute atomic E-state index is 0.114. The first kappa shape index (κ1) is 26.1. The summed E-state index contributed by atoms with van der Waals surface area (Å²) in [6.07, 6.45) is 0. The number of benzene rings is 3. The maximum atomic E-state index is 13.5. The lowest BCUT2D eigenvalue weighted by Gasteiger charge is -2.24. The molecule has 8 heteroatoms. The molecular formula is C27H32N2O5S. The largest absolute Gasteiger partial charge is 0.494 e. The van der Waals surface area contributed by atoms with Gasteiger partial charge in [0.2, 0.25) is 5.91 Å². The number of nitrogens with one attached hydrogen (secondary N) is 1. The van der Waals surface area contributed by atoms with E-state index in [0.29, 0.717) is 18.0 Å². The van der Waals surface area contributed by atoms with Gasteiger partial charge in [0.1, 0.15) is 24.7 Å². The lowest BCUT2D eigenvalue weighted by molar-refractivity contribution is -0.119. The number of aryl methyl sites for hydroxylation is 3. The fourth-order valence-electron chi connectivity index (χ4n) is 3.43. The molecule has 0 bridgehead atoms. The molecule has 0 unspecified atom stereocenters. The van der Waals surface area contributed by atoms with E-state index in [1.807, 2.05) is 45.9 Å². The molecule has 0 radical (unpaired) electrons. The van der Waals surface area contributed by atoms with E-state index in [1.54, 1.807) is 48.5 Å². The molecule has 0 atom stereocenters. The van der Waals surface area contributed by atoms with Crippen molar-refractivity contribution in [2.75, 3.05) is 30.6 Å². The third-order valence-corrected chi connectivity index (χ3v) is 7.15. The van der Waals surface area contributed by atoms with Crippen LogP contribution in [0.4, 0.5) is 5.69 Å². The Balaban J connectivity index is 1.72. The van der Waals surface area contributed by atoms with Crippen molar-refractivity contribution in [1.29, 1.82) is 0 Å². The Hall–Kier alpha value is -3.52. The third-order valence-electron chi connectivity index (χ3n) is 5.36. The predicted octanol–water partition coefficient (Wildman–Crippen LogP) is 4.40. The zero-order valence-corrected chi connectivity index (χ0v) is 21.4. The first-order chi connectivity index (χ1) is 16.7. The first-order valence-electron chi connectivity index (χ1n) is 11.5. The molecule has 3 aromatic rings. The van der Waals surface area contributed by atoms with Crippen molar-refractivity contribution in [2.45, 2.75) is 32.6 Å². The van der Waals surface area contributed by atoms with E-state index in [9.17, 15) is 13.2 Å². The Labute approximate surface area is 207 Å². The summed E-state index contributed by atoms with van der Waals surface area (Å²) in [7, 11) is -3.97. The average Bonchev–Trinajstić information content (AvgIpc) is 2.83. The van der Waals surface area contributed by atoms with E-state index in [1.165, 1.54) is 0 Å². The van der Waals surface area contributed by atoms with E-state index in [4.69, 9.17) is 9.47 Å². The number of carbonyl (C=O) groups excluding carboxylic acids is 1. The molecule has 35 heavy (non-hydrogen) atoms. The van der Waals surface area contributed by atoms with Gasteiger partial charge in [-0.3, -0.25) is 9.10 Å². The Morgan fingerprint density at radius 3 is 2.20 bits per heavy atom. The summed E-state index contributed by atoms with van der Waals surface area (Å²) in [6.45, 7) is 8.34. The first-order valence-corrected chi connectivity index (χ1v) is 12.9. The van der Waals surface area contributed by atoms with Crippen molar-refractivity contribution >= 4 is 21.6 Å². The van der Waals surface area contributed by atoms with Gasteiger partial charge in [-0.15, -0.1) is 0 Å². The number of sulfonamides is 1. The van der Waals surface area contributed by atoms with Crippen LogP contribution >= 0.6 is 0 Å².